The maximum absolute atomic E-state index is 13.4. The number of nitrogens with one attached hydrogen (secondary N) is 1. The van der Waals surface area contributed by atoms with Gasteiger partial charge in [-0.05, 0) is 37.5 Å². The molecule has 2 aromatic carbocycles. The number of carbonyl (C=O) groups is 3. The molecule has 180 valence electrons. The van der Waals surface area contributed by atoms with Gasteiger partial charge in [0.25, 0.3) is 0 Å². The monoisotopic (exact) mass is 464 g/mol. The molecule has 2 atom stereocenters. The number of ether oxygens (including phenoxy) is 1. The van der Waals surface area contributed by atoms with E-state index in [9.17, 15) is 14.4 Å². The number of nitrogens with two attached hydrogens (primary N) is 1. The predicted molar refractivity (Wildman–Crippen MR) is 131 cm³/mol. The fourth-order valence-corrected chi connectivity index (χ4v) is 3.81. The number of rotatable bonds is 9. The first kappa shape index (κ1) is 25.0. The van der Waals surface area contributed by atoms with Gasteiger partial charge in [-0.1, -0.05) is 54.6 Å². The van der Waals surface area contributed by atoms with Gasteiger partial charge < -0.3 is 20.7 Å². The lowest BCUT2D eigenvalue weighted by Crippen LogP contribution is -2.56. The molecule has 1 heterocycles. The Balaban J connectivity index is 1.76. The third-order valence-corrected chi connectivity index (χ3v) is 5.70. The molecule has 8 heteroatoms. The number of nitrogens with zero attached hydrogens (tertiary/aromatic N) is 2. The average Bonchev–Trinajstić information content (AvgIpc) is 2.87. The normalized spacial score (nSPS) is 15.5. The van der Waals surface area contributed by atoms with Crippen LogP contribution in [0.25, 0.3) is 0 Å². The highest BCUT2D eigenvalue weighted by Crippen LogP contribution is 2.20. The molecule has 0 unspecified atom stereocenters. The molecule has 0 bridgehead atoms. The molecule has 0 aliphatic carbocycles. The quantitative estimate of drug-likeness (QED) is 0.556. The minimum atomic E-state index is -0.779. The van der Waals surface area contributed by atoms with Gasteiger partial charge >= 0.3 is 6.03 Å². The second-order valence-corrected chi connectivity index (χ2v) is 8.16. The van der Waals surface area contributed by atoms with Crippen molar-refractivity contribution in [2.75, 3.05) is 31.2 Å². The van der Waals surface area contributed by atoms with Gasteiger partial charge in [0.1, 0.15) is 6.04 Å². The Morgan fingerprint density at radius 3 is 2.29 bits per heavy atom. The van der Waals surface area contributed by atoms with Crippen LogP contribution in [-0.4, -0.2) is 61.1 Å². The van der Waals surface area contributed by atoms with Crippen molar-refractivity contribution in [3.05, 3.63) is 78.4 Å². The van der Waals surface area contributed by atoms with Crippen LogP contribution in [0.2, 0.25) is 0 Å². The number of hydrogen-bond acceptors (Lipinski definition) is 4. The van der Waals surface area contributed by atoms with Crippen molar-refractivity contribution in [2.24, 2.45) is 5.73 Å². The van der Waals surface area contributed by atoms with Gasteiger partial charge in [0, 0.05) is 30.9 Å². The summed E-state index contributed by atoms with van der Waals surface area (Å²) >= 11 is 0. The fraction of sp³-hybridized carbons (Fsp3) is 0.346. The van der Waals surface area contributed by atoms with Crippen molar-refractivity contribution in [1.82, 2.24) is 10.2 Å². The van der Waals surface area contributed by atoms with Crippen molar-refractivity contribution < 1.29 is 19.1 Å². The van der Waals surface area contributed by atoms with E-state index in [4.69, 9.17) is 10.5 Å². The summed E-state index contributed by atoms with van der Waals surface area (Å²) in [7, 11) is 0. The van der Waals surface area contributed by atoms with E-state index in [2.05, 4.69) is 5.32 Å². The van der Waals surface area contributed by atoms with E-state index in [0.717, 1.165) is 5.56 Å². The molecule has 8 nitrogen and oxygen atoms in total. The third-order valence-electron chi connectivity index (χ3n) is 5.70. The second-order valence-electron chi connectivity index (χ2n) is 8.16. The van der Waals surface area contributed by atoms with Gasteiger partial charge in [-0.25, -0.2) is 4.79 Å². The van der Waals surface area contributed by atoms with Gasteiger partial charge in [0.05, 0.1) is 13.2 Å². The number of urea groups is 1. The Kier molecular flexibility index (Phi) is 9.22. The lowest BCUT2D eigenvalue weighted by Gasteiger charge is -2.36. The van der Waals surface area contributed by atoms with Crippen LogP contribution >= 0.6 is 0 Å². The molecule has 1 saturated heterocycles. The minimum Gasteiger partial charge on any atom is -0.378 e. The molecule has 0 aromatic heterocycles. The summed E-state index contributed by atoms with van der Waals surface area (Å²) in [4.78, 5) is 41.2. The van der Waals surface area contributed by atoms with Crippen molar-refractivity contribution in [1.29, 1.82) is 0 Å². The van der Waals surface area contributed by atoms with E-state index in [1.807, 2.05) is 60.7 Å². The van der Waals surface area contributed by atoms with Gasteiger partial charge in [0.15, 0.2) is 0 Å². The number of anilines is 1. The summed E-state index contributed by atoms with van der Waals surface area (Å²) in [5.74, 6) is -0.905. The van der Waals surface area contributed by atoms with Crippen LogP contribution < -0.4 is 16.0 Å². The molecular formula is C26H32N4O4. The average molecular weight is 465 g/mol. The van der Waals surface area contributed by atoms with Crippen LogP contribution in [0.5, 0.6) is 0 Å². The Morgan fingerprint density at radius 1 is 1.06 bits per heavy atom. The van der Waals surface area contributed by atoms with Crippen molar-refractivity contribution >= 4 is 23.5 Å². The standard InChI is InChI=1S/C26H32N4O4/c1-20(30(23-10-6-3-7-11-23)26(33)29-16-18-34-19-17-29)25(32)28-22(14-15-24(27)31)13-12-21-8-4-2-5-9-21/h2-11,14-15,20,22H,12-13,16-19H2,1H3,(H2,27,31)(H,28,32)/b15-14+/t20-,22-/m0/s1. The zero-order valence-corrected chi connectivity index (χ0v) is 19.4. The molecule has 0 radical (unpaired) electrons. The zero-order valence-electron chi connectivity index (χ0n) is 19.4. The summed E-state index contributed by atoms with van der Waals surface area (Å²) in [6.45, 7) is 3.57. The van der Waals surface area contributed by atoms with Crippen LogP contribution in [0.4, 0.5) is 10.5 Å². The van der Waals surface area contributed by atoms with Crippen molar-refractivity contribution in [3.63, 3.8) is 0 Å². The molecule has 1 aliphatic heterocycles. The first-order valence-electron chi connectivity index (χ1n) is 11.5. The molecule has 3 N–H and O–H groups in total. The first-order chi connectivity index (χ1) is 16.5. The Labute approximate surface area is 200 Å². The fourth-order valence-electron chi connectivity index (χ4n) is 3.81. The minimum absolute atomic E-state index is 0.245. The second kappa shape index (κ2) is 12.6. The number of aryl methyl sites for hydroxylation is 1. The lowest BCUT2D eigenvalue weighted by molar-refractivity contribution is -0.122. The number of morpholine rings is 1. The van der Waals surface area contributed by atoms with Gasteiger partial charge in [-0.2, -0.15) is 0 Å². The number of benzene rings is 2. The molecule has 2 aromatic rings. The van der Waals surface area contributed by atoms with Crippen molar-refractivity contribution in [2.45, 2.75) is 31.8 Å². The van der Waals surface area contributed by atoms with E-state index in [1.165, 1.54) is 11.0 Å². The highest BCUT2D eigenvalue weighted by atomic mass is 16.5. The smallest absolute Gasteiger partial charge is 0.325 e. The van der Waals surface area contributed by atoms with Crippen LogP contribution in [0.3, 0.4) is 0 Å². The number of primary amides is 1. The number of para-hydroxylation sites is 1. The maximum Gasteiger partial charge on any atom is 0.325 e. The van der Waals surface area contributed by atoms with Gasteiger partial charge in [-0.3, -0.25) is 14.5 Å². The lowest BCUT2D eigenvalue weighted by atomic mass is 10.0. The Bertz CT molecular complexity index is 975. The van der Waals surface area contributed by atoms with Crippen LogP contribution in [0.15, 0.2) is 72.8 Å². The van der Waals surface area contributed by atoms with E-state index in [1.54, 1.807) is 17.9 Å². The SMILES string of the molecule is C[C@@H](C(=O)N[C@H](/C=C/C(N)=O)CCc1ccccc1)N(C(=O)N1CCOCC1)c1ccccc1. The predicted octanol–water partition coefficient (Wildman–Crippen LogP) is 2.49. The summed E-state index contributed by atoms with van der Waals surface area (Å²) < 4.78 is 5.37. The Morgan fingerprint density at radius 2 is 1.68 bits per heavy atom. The van der Waals surface area contributed by atoms with E-state index >= 15 is 0 Å². The number of carbonyl (C=O) groups excluding carboxylic acids is 3. The van der Waals surface area contributed by atoms with Gasteiger partial charge in [-0.15, -0.1) is 0 Å². The van der Waals surface area contributed by atoms with Crippen LogP contribution in [-0.2, 0) is 20.7 Å². The van der Waals surface area contributed by atoms with Gasteiger partial charge in [0.2, 0.25) is 11.8 Å². The number of hydrogen-bond donors (Lipinski definition) is 2. The molecule has 0 saturated carbocycles. The largest absolute Gasteiger partial charge is 0.378 e. The molecule has 34 heavy (non-hydrogen) atoms. The summed E-state index contributed by atoms with van der Waals surface area (Å²) in [5.41, 5.74) is 7.03. The number of amides is 4. The van der Waals surface area contributed by atoms with E-state index in [-0.39, 0.29) is 11.9 Å². The first-order valence-corrected chi connectivity index (χ1v) is 11.5. The van der Waals surface area contributed by atoms with Crippen molar-refractivity contribution in [3.8, 4) is 0 Å². The summed E-state index contributed by atoms with van der Waals surface area (Å²) in [6, 6.07) is 17.6. The zero-order chi connectivity index (χ0) is 24.3. The summed E-state index contributed by atoms with van der Waals surface area (Å²) in [6.07, 6.45) is 4.15. The highest BCUT2D eigenvalue weighted by Gasteiger charge is 2.32. The third kappa shape index (κ3) is 7.18. The van der Waals surface area contributed by atoms with Crippen LogP contribution in [0.1, 0.15) is 18.9 Å². The van der Waals surface area contributed by atoms with E-state index < -0.39 is 18.0 Å². The molecule has 1 fully saturated rings. The highest BCUT2D eigenvalue weighted by molar-refractivity contribution is 6.00. The summed E-state index contributed by atoms with van der Waals surface area (Å²) in [5, 5.41) is 2.98. The topological polar surface area (TPSA) is 105 Å². The molecule has 3 rings (SSSR count). The molecule has 1 aliphatic rings. The molecule has 0 spiro atoms. The molecular weight excluding hydrogens is 432 g/mol. The molecule has 4 amide bonds. The van der Waals surface area contributed by atoms with E-state index in [0.29, 0.717) is 44.8 Å². The Hall–Kier alpha value is -3.65. The van der Waals surface area contributed by atoms with Crippen LogP contribution in [0, 0.1) is 0 Å². The maximum atomic E-state index is 13.4.